The van der Waals surface area contributed by atoms with Crippen molar-refractivity contribution in [3.8, 4) is 0 Å². The molecule has 0 aromatic heterocycles. The summed E-state index contributed by atoms with van der Waals surface area (Å²) in [7, 11) is 0. The topological polar surface area (TPSA) is 40.5 Å². The number of rotatable bonds is 4. The van der Waals surface area contributed by atoms with E-state index >= 15 is 0 Å². The largest absolute Gasteiger partial charge is 0.478 e. The Labute approximate surface area is 125 Å². The summed E-state index contributed by atoms with van der Waals surface area (Å²) in [4.78, 5) is 13.3. The lowest BCUT2D eigenvalue weighted by molar-refractivity contribution is 0.0691. The van der Waals surface area contributed by atoms with Gasteiger partial charge in [-0.25, -0.2) is 9.18 Å². The summed E-state index contributed by atoms with van der Waals surface area (Å²) in [6, 6.07) is 4.41. The first-order valence-corrected chi connectivity index (χ1v) is 7.71. The van der Waals surface area contributed by atoms with Crippen LogP contribution in [0.2, 0.25) is 0 Å². The molecule has 1 aliphatic heterocycles. The molecule has 0 aliphatic carbocycles. The number of likely N-dealkylation sites (tertiary alicyclic amines) is 1. The zero-order chi connectivity index (χ0) is 15.4. The van der Waals surface area contributed by atoms with Gasteiger partial charge in [-0.2, -0.15) is 0 Å². The van der Waals surface area contributed by atoms with Gasteiger partial charge < -0.3 is 5.11 Å². The highest BCUT2D eigenvalue weighted by molar-refractivity contribution is 5.88. The van der Waals surface area contributed by atoms with Gasteiger partial charge in [-0.1, -0.05) is 19.9 Å². The average molecular weight is 293 g/mol. The van der Waals surface area contributed by atoms with Gasteiger partial charge >= 0.3 is 5.97 Å². The molecule has 0 amide bonds. The Bertz CT molecular complexity index is 502. The van der Waals surface area contributed by atoms with Crippen molar-refractivity contribution in [2.45, 2.75) is 39.7 Å². The van der Waals surface area contributed by atoms with E-state index in [9.17, 15) is 9.18 Å². The summed E-state index contributed by atoms with van der Waals surface area (Å²) in [5.41, 5.74) is 0.638. The lowest BCUT2D eigenvalue weighted by Gasteiger charge is -2.21. The van der Waals surface area contributed by atoms with Crippen LogP contribution in [0, 0.1) is 17.7 Å². The van der Waals surface area contributed by atoms with Crippen molar-refractivity contribution in [2.75, 3.05) is 13.1 Å². The van der Waals surface area contributed by atoms with Crippen LogP contribution >= 0.6 is 0 Å². The van der Waals surface area contributed by atoms with Crippen LogP contribution in [0.3, 0.4) is 0 Å². The number of benzene rings is 1. The Morgan fingerprint density at radius 1 is 1.38 bits per heavy atom. The molecule has 0 radical (unpaired) electrons. The first-order valence-electron chi connectivity index (χ1n) is 7.71. The van der Waals surface area contributed by atoms with E-state index < -0.39 is 11.8 Å². The van der Waals surface area contributed by atoms with E-state index in [2.05, 4.69) is 18.7 Å². The van der Waals surface area contributed by atoms with Crippen molar-refractivity contribution < 1.29 is 14.3 Å². The third kappa shape index (κ3) is 4.27. The van der Waals surface area contributed by atoms with Crippen molar-refractivity contribution in [1.82, 2.24) is 4.90 Å². The predicted molar refractivity (Wildman–Crippen MR) is 80.8 cm³/mol. The Balaban J connectivity index is 2.01. The number of hydrogen-bond donors (Lipinski definition) is 1. The second-order valence-corrected chi connectivity index (χ2v) is 6.33. The molecule has 1 aliphatic rings. The van der Waals surface area contributed by atoms with Crippen molar-refractivity contribution >= 4 is 5.97 Å². The van der Waals surface area contributed by atoms with E-state index in [1.807, 2.05) is 0 Å². The van der Waals surface area contributed by atoms with Crippen LogP contribution < -0.4 is 0 Å². The summed E-state index contributed by atoms with van der Waals surface area (Å²) < 4.78 is 13.4. The molecule has 4 heteroatoms. The molecule has 0 bridgehead atoms. The molecule has 1 N–H and O–H groups in total. The second-order valence-electron chi connectivity index (χ2n) is 6.33. The third-order valence-corrected chi connectivity index (χ3v) is 4.48. The van der Waals surface area contributed by atoms with Crippen LogP contribution in [0.1, 0.15) is 49.0 Å². The highest BCUT2D eigenvalue weighted by Gasteiger charge is 2.20. The van der Waals surface area contributed by atoms with E-state index in [1.54, 1.807) is 6.07 Å². The maximum absolute atomic E-state index is 13.4. The highest BCUT2D eigenvalue weighted by Crippen LogP contribution is 2.25. The van der Waals surface area contributed by atoms with Crippen LogP contribution in [0.4, 0.5) is 4.39 Å². The fourth-order valence-corrected chi connectivity index (χ4v) is 3.10. The van der Waals surface area contributed by atoms with E-state index in [4.69, 9.17) is 5.11 Å². The highest BCUT2D eigenvalue weighted by atomic mass is 19.1. The maximum Gasteiger partial charge on any atom is 0.338 e. The minimum Gasteiger partial charge on any atom is -0.478 e. The molecule has 0 spiro atoms. The maximum atomic E-state index is 13.4. The third-order valence-electron chi connectivity index (χ3n) is 4.48. The lowest BCUT2D eigenvalue weighted by atomic mass is 9.89. The smallest absolute Gasteiger partial charge is 0.338 e. The SMILES string of the molecule is CC(C)C1CCCN(Cc2ccc(F)c(C(=O)O)c2)CC1. The van der Waals surface area contributed by atoms with Gasteiger partial charge in [0.1, 0.15) is 5.82 Å². The first kappa shape index (κ1) is 16.0. The monoisotopic (exact) mass is 293 g/mol. The van der Waals surface area contributed by atoms with E-state index in [-0.39, 0.29) is 5.56 Å². The van der Waals surface area contributed by atoms with Crippen LogP contribution in [0.5, 0.6) is 0 Å². The minimum atomic E-state index is -1.20. The summed E-state index contributed by atoms with van der Waals surface area (Å²) >= 11 is 0. The number of nitrogens with zero attached hydrogens (tertiary/aromatic N) is 1. The molecule has 21 heavy (non-hydrogen) atoms. The van der Waals surface area contributed by atoms with Crippen LogP contribution in [0.15, 0.2) is 18.2 Å². The lowest BCUT2D eigenvalue weighted by Crippen LogP contribution is -2.24. The summed E-state index contributed by atoms with van der Waals surface area (Å²) in [5.74, 6) is -0.376. The molecule has 1 aromatic carbocycles. The zero-order valence-electron chi connectivity index (χ0n) is 12.8. The molecule has 3 nitrogen and oxygen atoms in total. The average Bonchev–Trinajstić information content (AvgIpc) is 2.66. The summed E-state index contributed by atoms with van der Waals surface area (Å²) in [5, 5.41) is 8.98. The minimum absolute atomic E-state index is 0.234. The number of halogens is 1. The standard InChI is InChI=1S/C17H24FNO2/c1-12(2)14-4-3-8-19(9-7-14)11-13-5-6-16(18)15(10-13)17(20)21/h5-6,10,12,14H,3-4,7-9,11H2,1-2H3,(H,20,21). The molecule has 1 unspecified atom stereocenters. The van der Waals surface area contributed by atoms with E-state index in [0.29, 0.717) is 6.54 Å². The van der Waals surface area contributed by atoms with E-state index in [1.165, 1.54) is 31.4 Å². The van der Waals surface area contributed by atoms with E-state index in [0.717, 1.165) is 30.5 Å². The summed E-state index contributed by atoms with van der Waals surface area (Å²) in [6.07, 6.45) is 3.62. The number of hydrogen-bond acceptors (Lipinski definition) is 2. The molecule has 1 heterocycles. The first-order chi connectivity index (χ1) is 9.97. The number of carboxylic acids is 1. The number of carboxylic acid groups (broad SMARTS) is 1. The van der Waals surface area contributed by atoms with Crippen molar-refractivity contribution in [3.05, 3.63) is 35.1 Å². The van der Waals surface area contributed by atoms with Gasteiger partial charge in [-0.3, -0.25) is 4.90 Å². The molecule has 1 atom stereocenters. The van der Waals surface area contributed by atoms with Gasteiger partial charge in [0.15, 0.2) is 0 Å². The van der Waals surface area contributed by atoms with Crippen molar-refractivity contribution in [1.29, 1.82) is 0 Å². The van der Waals surface area contributed by atoms with Crippen molar-refractivity contribution in [2.24, 2.45) is 11.8 Å². The molecule has 116 valence electrons. The van der Waals surface area contributed by atoms with Gasteiger partial charge in [-0.05, 0) is 61.9 Å². The Morgan fingerprint density at radius 3 is 2.81 bits per heavy atom. The molecule has 1 fully saturated rings. The van der Waals surface area contributed by atoms with Gasteiger partial charge in [0.2, 0.25) is 0 Å². The molecular formula is C17H24FNO2. The molecular weight excluding hydrogens is 269 g/mol. The normalized spacial score (nSPS) is 20.5. The van der Waals surface area contributed by atoms with Crippen molar-refractivity contribution in [3.63, 3.8) is 0 Å². The Hall–Kier alpha value is -1.42. The Morgan fingerprint density at radius 2 is 2.14 bits per heavy atom. The zero-order valence-corrected chi connectivity index (χ0v) is 12.8. The Kier molecular flexibility index (Phi) is 5.34. The van der Waals surface area contributed by atoms with Gasteiger partial charge in [0.25, 0.3) is 0 Å². The molecule has 2 rings (SSSR count). The quantitative estimate of drug-likeness (QED) is 0.918. The number of aromatic carboxylic acids is 1. The van der Waals surface area contributed by atoms with Gasteiger partial charge in [0.05, 0.1) is 5.56 Å². The molecule has 1 aromatic rings. The predicted octanol–water partition coefficient (Wildman–Crippen LogP) is 3.78. The van der Waals surface area contributed by atoms with Gasteiger partial charge in [0, 0.05) is 6.54 Å². The second kappa shape index (κ2) is 7.03. The van der Waals surface area contributed by atoms with Crippen LogP contribution in [-0.2, 0) is 6.54 Å². The van der Waals surface area contributed by atoms with Crippen LogP contribution in [0.25, 0.3) is 0 Å². The fourth-order valence-electron chi connectivity index (χ4n) is 3.10. The number of carbonyl (C=O) groups is 1. The van der Waals surface area contributed by atoms with Crippen LogP contribution in [-0.4, -0.2) is 29.1 Å². The molecule has 1 saturated heterocycles. The fraction of sp³-hybridized carbons (Fsp3) is 0.588. The molecule has 0 saturated carbocycles. The summed E-state index contributed by atoms with van der Waals surface area (Å²) in [6.45, 7) is 7.32. The van der Waals surface area contributed by atoms with Gasteiger partial charge in [-0.15, -0.1) is 0 Å².